The van der Waals surface area contributed by atoms with Gasteiger partial charge in [0.05, 0.1) is 6.04 Å². The molecule has 2 saturated carbocycles. The van der Waals surface area contributed by atoms with Gasteiger partial charge in [0.25, 0.3) is 0 Å². The van der Waals surface area contributed by atoms with Gasteiger partial charge in [0.1, 0.15) is 12.2 Å². The molecule has 0 aromatic carbocycles. The van der Waals surface area contributed by atoms with Crippen LogP contribution in [-0.2, 0) is 9.53 Å². The summed E-state index contributed by atoms with van der Waals surface area (Å²) < 4.78 is 5.25. The first kappa shape index (κ1) is 17.4. The molecule has 1 saturated heterocycles. The first-order valence-electron chi connectivity index (χ1n) is 8.40. The second-order valence-electron chi connectivity index (χ2n) is 7.24. The maximum Gasteiger partial charge on any atom is 0.306 e. The molecule has 3 fully saturated rings. The Bertz CT molecular complexity index is 550. The summed E-state index contributed by atoms with van der Waals surface area (Å²) >= 11 is 0. The molecule has 9 nitrogen and oxygen atoms in total. The van der Waals surface area contributed by atoms with Gasteiger partial charge in [0.2, 0.25) is 0 Å². The molecule has 24 heavy (non-hydrogen) atoms. The molecule has 4 unspecified atom stereocenters. The number of aliphatic hydroxyl groups is 4. The highest BCUT2D eigenvalue weighted by molar-refractivity contribution is 5.71. The van der Waals surface area contributed by atoms with Gasteiger partial charge in [-0.15, -0.1) is 0 Å². The van der Waals surface area contributed by atoms with Crippen LogP contribution in [0.1, 0.15) is 44.9 Å². The highest BCUT2D eigenvalue weighted by atomic mass is 16.7. The van der Waals surface area contributed by atoms with Gasteiger partial charge < -0.3 is 25.2 Å². The first-order chi connectivity index (χ1) is 11.3. The number of esters is 1. The summed E-state index contributed by atoms with van der Waals surface area (Å²) in [4.78, 5) is 14.3. The average Bonchev–Trinajstić information content (AvgIpc) is 2.89. The van der Waals surface area contributed by atoms with Crippen molar-refractivity contribution in [2.75, 3.05) is 0 Å². The van der Waals surface area contributed by atoms with Crippen molar-refractivity contribution in [1.82, 2.24) is 0 Å². The quantitative estimate of drug-likeness (QED) is 0.188. The van der Waals surface area contributed by atoms with Gasteiger partial charge in [-0.05, 0) is 36.1 Å². The van der Waals surface area contributed by atoms with E-state index in [0.717, 1.165) is 32.1 Å². The fraction of sp³-hybridized carbons (Fsp3) is 0.933. The van der Waals surface area contributed by atoms with Crippen LogP contribution in [0.5, 0.6) is 0 Å². The lowest BCUT2D eigenvalue weighted by Gasteiger charge is -2.28. The fourth-order valence-electron chi connectivity index (χ4n) is 4.96. The number of aliphatic hydroxyl groups excluding tert-OH is 1. The third-order valence-corrected chi connectivity index (χ3v) is 5.98. The largest absolute Gasteiger partial charge is 0.462 e. The summed E-state index contributed by atoms with van der Waals surface area (Å²) in [6, 6.07) is -0.679. The lowest BCUT2D eigenvalue weighted by Crippen LogP contribution is -2.45. The van der Waals surface area contributed by atoms with E-state index >= 15 is 0 Å². The van der Waals surface area contributed by atoms with Crippen LogP contribution in [-0.4, -0.2) is 50.6 Å². The summed E-state index contributed by atoms with van der Waals surface area (Å²) in [5, 5.41) is 42.3. The number of hydrogen-bond donors (Lipinski definition) is 4. The van der Waals surface area contributed by atoms with Gasteiger partial charge >= 0.3 is 11.9 Å². The molecule has 9 heteroatoms. The number of nitrogens with zero attached hydrogens (tertiary/aromatic N) is 3. The summed E-state index contributed by atoms with van der Waals surface area (Å²) in [7, 11) is 0. The van der Waals surface area contributed by atoms with Gasteiger partial charge in [0, 0.05) is 17.3 Å². The van der Waals surface area contributed by atoms with Crippen LogP contribution in [0, 0.1) is 17.3 Å². The predicted molar refractivity (Wildman–Crippen MR) is 79.9 cm³/mol. The summed E-state index contributed by atoms with van der Waals surface area (Å²) in [5.41, 5.74) is 8.49. The van der Waals surface area contributed by atoms with E-state index in [1.165, 1.54) is 0 Å². The van der Waals surface area contributed by atoms with E-state index in [2.05, 4.69) is 10.0 Å². The van der Waals surface area contributed by atoms with Crippen molar-refractivity contribution in [2.45, 2.75) is 69.2 Å². The van der Waals surface area contributed by atoms with Crippen LogP contribution in [0.15, 0.2) is 5.11 Å². The highest BCUT2D eigenvalue weighted by Crippen LogP contribution is 2.70. The van der Waals surface area contributed by atoms with Crippen LogP contribution in [0.4, 0.5) is 0 Å². The Balaban J connectivity index is 1.89. The summed E-state index contributed by atoms with van der Waals surface area (Å²) in [6.07, 6.45) is 2.71. The zero-order valence-electron chi connectivity index (χ0n) is 13.3. The van der Waals surface area contributed by atoms with Crippen molar-refractivity contribution in [1.29, 1.82) is 0 Å². The molecular formula is C15H23N3O6. The Morgan fingerprint density at radius 2 is 1.92 bits per heavy atom. The first-order valence-corrected chi connectivity index (χ1v) is 8.40. The minimum atomic E-state index is -3.21. The third kappa shape index (κ3) is 2.87. The number of azide groups is 1. The molecule has 2 aliphatic carbocycles. The molecular weight excluding hydrogens is 318 g/mol. The molecule has 0 amide bonds. The maximum absolute atomic E-state index is 11.4. The Morgan fingerprint density at radius 1 is 1.25 bits per heavy atom. The topological polar surface area (TPSA) is 156 Å². The minimum Gasteiger partial charge on any atom is -0.462 e. The Morgan fingerprint density at radius 3 is 2.42 bits per heavy atom. The third-order valence-electron chi connectivity index (χ3n) is 5.98. The lowest BCUT2D eigenvalue weighted by molar-refractivity contribution is -0.360. The van der Waals surface area contributed by atoms with Crippen molar-refractivity contribution in [2.24, 2.45) is 22.4 Å². The molecule has 4 N–H and O–H groups in total. The van der Waals surface area contributed by atoms with Gasteiger partial charge in [0.15, 0.2) is 0 Å². The molecule has 1 aliphatic heterocycles. The van der Waals surface area contributed by atoms with E-state index in [1.54, 1.807) is 0 Å². The molecule has 1 spiro atoms. The fourth-order valence-corrected chi connectivity index (χ4v) is 4.96. The van der Waals surface area contributed by atoms with E-state index in [0.29, 0.717) is 6.42 Å². The Labute approximate surface area is 138 Å². The molecule has 3 aliphatic rings. The van der Waals surface area contributed by atoms with E-state index in [-0.39, 0.29) is 18.3 Å². The molecule has 0 aromatic heterocycles. The second-order valence-corrected chi connectivity index (χ2v) is 7.24. The van der Waals surface area contributed by atoms with Crippen LogP contribution in [0.2, 0.25) is 0 Å². The number of ether oxygens (including phenoxy) is 1. The molecule has 134 valence electrons. The van der Waals surface area contributed by atoms with Crippen molar-refractivity contribution in [3.05, 3.63) is 10.4 Å². The van der Waals surface area contributed by atoms with E-state index in [9.17, 15) is 25.2 Å². The van der Waals surface area contributed by atoms with Gasteiger partial charge in [-0.1, -0.05) is 24.4 Å². The summed E-state index contributed by atoms with van der Waals surface area (Å²) in [5.74, 6) is -4.54. The van der Waals surface area contributed by atoms with Crippen molar-refractivity contribution in [3.63, 3.8) is 0 Å². The molecule has 0 bridgehead atoms. The average molecular weight is 341 g/mol. The van der Waals surface area contributed by atoms with Crippen LogP contribution in [0.25, 0.3) is 10.4 Å². The zero-order valence-corrected chi connectivity index (χ0v) is 13.3. The van der Waals surface area contributed by atoms with Crippen LogP contribution < -0.4 is 0 Å². The molecule has 0 radical (unpaired) electrons. The van der Waals surface area contributed by atoms with E-state index in [4.69, 9.17) is 10.3 Å². The number of cyclic esters (lactones) is 1. The normalized spacial score (nSPS) is 34.3. The summed E-state index contributed by atoms with van der Waals surface area (Å²) in [6.45, 7) is 0. The maximum atomic E-state index is 11.4. The van der Waals surface area contributed by atoms with Crippen LogP contribution in [0.3, 0.4) is 0 Å². The number of carbonyl (C=O) groups is 1. The van der Waals surface area contributed by atoms with Gasteiger partial charge in [-0.25, -0.2) is 0 Å². The van der Waals surface area contributed by atoms with E-state index in [1.807, 2.05) is 0 Å². The second kappa shape index (κ2) is 6.16. The highest BCUT2D eigenvalue weighted by Gasteiger charge is 2.72. The van der Waals surface area contributed by atoms with Crippen LogP contribution >= 0.6 is 0 Å². The standard InChI is InChI=1S/C15H23N3O6/c16-18-17-12(8-4-5-9(19)24-8)10-11(13(20)15(21,22)23)14(10)6-2-1-3-7-14/h8,10-13,20-23H,1-7H2/t8-,10?,11?,12?,13?/m1/s1. The lowest BCUT2D eigenvalue weighted by atomic mass is 9.81. The molecule has 0 aromatic rings. The van der Waals surface area contributed by atoms with Gasteiger partial charge in [-0.3, -0.25) is 4.79 Å². The number of hydrogen-bond acceptors (Lipinski definition) is 7. The molecule has 1 heterocycles. The van der Waals surface area contributed by atoms with Crippen molar-refractivity contribution < 1.29 is 30.0 Å². The number of carbonyl (C=O) groups excluding carboxylic acids is 1. The Kier molecular flexibility index (Phi) is 4.48. The smallest absolute Gasteiger partial charge is 0.306 e. The van der Waals surface area contributed by atoms with Crippen molar-refractivity contribution >= 4 is 5.97 Å². The minimum absolute atomic E-state index is 0.249. The Hall–Kier alpha value is -1.38. The zero-order chi connectivity index (χ0) is 17.5. The van der Waals surface area contributed by atoms with Crippen molar-refractivity contribution in [3.8, 4) is 0 Å². The molecule has 3 rings (SSSR count). The predicted octanol–water partition coefficient (Wildman–Crippen LogP) is 0.559. The van der Waals surface area contributed by atoms with Gasteiger partial charge in [-0.2, -0.15) is 0 Å². The molecule has 5 atom stereocenters. The monoisotopic (exact) mass is 341 g/mol. The SMILES string of the molecule is [N-]=[N+]=NC(C1C(C(O)C(O)(O)O)C12CCCCC2)[C@H]1CCC(=O)O1. The van der Waals surface area contributed by atoms with E-state index < -0.39 is 35.6 Å². The number of rotatable bonds is 5.